The molecule has 17 heavy (non-hydrogen) atoms. The van der Waals surface area contributed by atoms with E-state index in [1.165, 1.54) is 19.3 Å². The fraction of sp³-hybridized carbons (Fsp3) is 0.867. The minimum Gasteiger partial charge on any atom is -0.392 e. The van der Waals surface area contributed by atoms with E-state index in [-0.39, 0.29) is 23.5 Å². The lowest BCUT2D eigenvalue weighted by molar-refractivity contribution is -0.0481. The minimum atomic E-state index is -0.142. The van der Waals surface area contributed by atoms with E-state index < -0.39 is 0 Å². The number of allylic oxidation sites excluding steroid dienone is 1. The van der Waals surface area contributed by atoms with E-state index in [0.717, 1.165) is 18.4 Å². The van der Waals surface area contributed by atoms with Crippen LogP contribution in [-0.4, -0.2) is 22.9 Å². The Balaban J connectivity index is 2.01. The SMILES string of the molecule is C/C(=C/CC[C@@]1(C)C2CC[C@@](C)(C2)[C@@H]1O)CO. The van der Waals surface area contributed by atoms with Crippen molar-refractivity contribution in [3.8, 4) is 0 Å². The van der Waals surface area contributed by atoms with Gasteiger partial charge < -0.3 is 10.2 Å². The van der Waals surface area contributed by atoms with Crippen molar-refractivity contribution in [1.29, 1.82) is 0 Å². The normalized spacial score (nSPS) is 45.6. The predicted octanol–water partition coefficient (Wildman–Crippen LogP) is 2.89. The Bertz CT molecular complexity index is 323. The first-order chi connectivity index (χ1) is 7.92. The van der Waals surface area contributed by atoms with Crippen molar-refractivity contribution in [2.75, 3.05) is 6.61 Å². The molecular formula is C15H26O2. The van der Waals surface area contributed by atoms with E-state index in [1.807, 2.05) is 6.92 Å². The summed E-state index contributed by atoms with van der Waals surface area (Å²) in [5.74, 6) is 0.699. The summed E-state index contributed by atoms with van der Waals surface area (Å²) in [6, 6.07) is 0. The molecule has 0 aromatic rings. The zero-order chi connectivity index (χ0) is 12.7. The van der Waals surface area contributed by atoms with Gasteiger partial charge in [0, 0.05) is 0 Å². The van der Waals surface area contributed by atoms with Crippen LogP contribution in [0.25, 0.3) is 0 Å². The zero-order valence-corrected chi connectivity index (χ0v) is 11.4. The maximum Gasteiger partial charge on any atom is 0.0650 e. The van der Waals surface area contributed by atoms with Gasteiger partial charge in [-0.2, -0.15) is 0 Å². The van der Waals surface area contributed by atoms with E-state index in [9.17, 15) is 5.11 Å². The number of aliphatic hydroxyl groups is 2. The topological polar surface area (TPSA) is 40.5 Å². The molecule has 2 bridgehead atoms. The van der Waals surface area contributed by atoms with Crippen LogP contribution >= 0.6 is 0 Å². The quantitative estimate of drug-likeness (QED) is 0.739. The highest BCUT2D eigenvalue weighted by molar-refractivity contribution is 5.11. The number of hydrogen-bond acceptors (Lipinski definition) is 2. The van der Waals surface area contributed by atoms with Crippen molar-refractivity contribution in [3.05, 3.63) is 11.6 Å². The maximum absolute atomic E-state index is 10.5. The van der Waals surface area contributed by atoms with Crippen LogP contribution in [0.2, 0.25) is 0 Å². The molecule has 0 amide bonds. The summed E-state index contributed by atoms with van der Waals surface area (Å²) in [6.45, 7) is 6.62. The summed E-state index contributed by atoms with van der Waals surface area (Å²) in [5.41, 5.74) is 1.31. The molecule has 2 nitrogen and oxygen atoms in total. The largest absolute Gasteiger partial charge is 0.392 e. The van der Waals surface area contributed by atoms with Crippen LogP contribution in [0, 0.1) is 16.7 Å². The molecule has 0 spiro atoms. The van der Waals surface area contributed by atoms with E-state index >= 15 is 0 Å². The molecule has 0 aromatic carbocycles. The molecule has 0 saturated heterocycles. The minimum absolute atomic E-state index is 0.0965. The van der Waals surface area contributed by atoms with Crippen molar-refractivity contribution >= 4 is 0 Å². The van der Waals surface area contributed by atoms with Gasteiger partial charge in [-0.15, -0.1) is 0 Å². The highest BCUT2D eigenvalue weighted by Crippen LogP contribution is 2.64. The Morgan fingerprint density at radius 2 is 2.12 bits per heavy atom. The Kier molecular flexibility index (Phi) is 3.39. The van der Waals surface area contributed by atoms with Gasteiger partial charge in [0.25, 0.3) is 0 Å². The van der Waals surface area contributed by atoms with E-state index in [1.54, 1.807) is 0 Å². The molecular weight excluding hydrogens is 212 g/mol. The standard InChI is InChI=1S/C15H26O2/c1-11(10-16)5-4-7-15(3)12-6-8-14(2,9-12)13(15)17/h5,12-13,16-17H,4,6-10H2,1-3H3/b11-5-/t12?,13-,14-,15-/m0/s1. The van der Waals surface area contributed by atoms with Crippen LogP contribution in [0.5, 0.6) is 0 Å². The van der Waals surface area contributed by atoms with Gasteiger partial charge in [-0.05, 0) is 55.8 Å². The third-order valence-electron chi connectivity index (χ3n) is 5.42. The summed E-state index contributed by atoms with van der Waals surface area (Å²) in [7, 11) is 0. The van der Waals surface area contributed by atoms with Gasteiger partial charge in [0.1, 0.15) is 0 Å². The monoisotopic (exact) mass is 238 g/mol. The van der Waals surface area contributed by atoms with Gasteiger partial charge >= 0.3 is 0 Å². The average molecular weight is 238 g/mol. The molecule has 2 N–H and O–H groups in total. The second-order valence-electron chi connectivity index (χ2n) is 6.75. The number of rotatable bonds is 4. The first-order valence-corrected chi connectivity index (χ1v) is 6.87. The summed E-state index contributed by atoms with van der Waals surface area (Å²) < 4.78 is 0. The Labute approximate surface area is 105 Å². The van der Waals surface area contributed by atoms with Crippen LogP contribution < -0.4 is 0 Å². The lowest BCUT2D eigenvalue weighted by Gasteiger charge is -2.41. The molecule has 0 aliphatic heterocycles. The van der Waals surface area contributed by atoms with Crippen LogP contribution in [0.1, 0.15) is 52.9 Å². The second kappa shape index (κ2) is 4.40. The third-order valence-corrected chi connectivity index (χ3v) is 5.42. The highest BCUT2D eigenvalue weighted by atomic mass is 16.3. The summed E-state index contributed by atoms with van der Waals surface area (Å²) >= 11 is 0. The average Bonchev–Trinajstić information content (AvgIpc) is 2.77. The van der Waals surface area contributed by atoms with Gasteiger partial charge in [0.05, 0.1) is 12.7 Å². The molecule has 2 saturated carbocycles. The number of hydrogen-bond donors (Lipinski definition) is 2. The van der Waals surface area contributed by atoms with Gasteiger partial charge in [0.2, 0.25) is 0 Å². The third kappa shape index (κ3) is 2.06. The molecule has 0 heterocycles. The Morgan fingerprint density at radius 1 is 1.41 bits per heavy atom. The Hall–Kier alpha value is -0.340. The van der Waals surface area contributed by atoms with Crippen LogP contribution in [-0.2, 0) is 0 Å². The van der Waals surface area contributed by atoms with Crippen LogP contribution in [0.4, 0.5) is 0 Å². The highest BCUT2D eigenvalue weighted by Gasteiger charge is 2.60. The molecule has 2 fully saturated rings. The molecule has 2 rings (SSSR count). The molecule has 2 aliphatic carbocycles. The van der Waals surface area contributed by atoms with E-state index in [2.05, 4.69) is 19.9 Å². The predicted molar refractivity (Wildman–Crippen MR) is 69.6 cm³/mol. The smallest absolute Gasteiger partial charge is 0.0650 e. The molecule has 2 heteroatoms. The summed E-state index contributed by atoms with van der Waals surface area (Å²) in [5, 5.41) is 19.5. The van der Waals surface area contributed by atoms with Gasteiger partial charge in [0.15, 0.2) is 0 Å². The molecule has 0 aromatic heterocycles. The van der Waals surface area contributed by atoms with Crippen molar-refractivity contribution in [1.82, 2.24) is 0 Å². The fourth-order valence-corrected chi connectivity index (χ4v) is 4.14. The molecule has 0 radical (unpaired) electrons. The summed E-state index contributed by atoms with van der Waals surface area (Å²) in [4.78, 5) is 0. The molecule has 2 aliphatic rings. The lowest BCUT2D eigenvalue weighted by atomic mass is 9.66. The van der Waals surface area contributed by atoms with Crippen LogP contribution in [0.3, 0.4) is 0 Å². The lowest BCUT2D eigenvalue weighted by Crippen LogP contribution is -2.42. The van der Waals surface area contributed by atoms with Gasteiger partial charge in [-0.3, -0.25) is 0 Å². The maximum atomic E-state index is 10.5. The summed E-state index contributed by atoms with van der Waals surface area (Å²) in [6.07, 6.45) is 7.68. The number of aliphatic hydroxyl groups excluding tert-OH is 2. The second-order valence-corrected chi connectivity index (χ2v) is 6.75. The van der Waals surface area contributed by atoms with Crippen molar-refractivity contribution in [2.45, 2.75) is 59.0 Å². The van der Waals surface area contributed by atoms with Crippen molar-refractivity contribution in [2.24, 2.45) is 16.7 Å². The van der Waals surface area contributed by atoms with Crippen molar-refractivity contribution in [3.63, 3.8) is 0 Å². The van der Waals surface area contributed by atoms with Crippen LogP contribution in [0.15, 0.2) is 11.6 Å². The first kappa shape index (κ1) is 13.1. The van der Waals surface area contributed by atoms with Crippen molar-refractivity contribution < 1.29 is 10.2 Å². The Morgan fingerprint density at radius 3 is 2.65 bits per heavy atom. The van der Waals surface area contributed by atoms with Gasteiger partial charge in [-0.25, -0.2) is 0 Å². The van der Waals surface area contributed by atoms with E-state index in [0.29, 0.717) is 5.92 Å². The molecule has 4 atom stereocenters. The molecule has 1 unspecified atom stereocenters. The van der Waals surface area contributed by atoms with Gasteiger partial charge in [-0.1, -0.05) is 25.5 Å². The first-order valence-electron chi connectivity index (χ1n) is 6.87. The zero-order valence-electron chi connectivity index (χ0n) is 11.4. The number of fused-ring (bicyclic) bond motifs is 2. The van der Waals surface area contributed by atoms with E-state index in [4.69, 9.17) is 5.11 Å². The fourth-order valence-electron chi connectivity index (χ4n) is 4.14. The molecule has 98 valence electrons.